The molecular weight excluding hydrogens is 390 g/mol. The maximum absolute atomic E-state index is 12.9. The molecule has 2 N–H and O–H groups in total. The number of carbonyl (C=O) groups is 1. The smallest absolute Gasteiger partial charge is 0.319 e. The zero-order chi connectivity index (χ0) is 20.4. The van der Waals surface area contributed by atoms with Crippen LogP contribution >= 0.6 is 0 Å². The van der Waals surface area contributed by atoms with Crippen molar-refractivity contribution in [3.8, 4) is 0 Å². The van der Waals surface area contributed by atoms with Crippen LogP contribution in [0.3, 0.4) is 0 Å². The third kappa shape index (κ3) is 4.18. The lowest BCUT2D eigenvalue weighted by Gasteiger charge is -2.26. The van der Waals surface area contributed by atoms with E-state index in [0.29, 0.717) is 18.8 Å². The summed E-state index contributed by atoms with van der Waals surface area (Å²) in [5.74, 6) is 0.923. The number of hydrogen-bond acceptors (Lipinski definition) is 4. The number of fused-ring (bicyclic) bond motifs is 1. The number of rotatable bonds is 4. The highest BCUT2D eigenvalue weighted by molar-refractivity contribution is 7.89. The Morgan fingerprint density at radius 1 is 1.14 bits per heavy atom. The number of carbonyl (C=O) groups excluding carboxylic acids is 1. The monoisotopic (exact) mass is 417 g/mol. The molecule has 1 aliphatic heterocycles. The fourth-order valence-electron chi connectivity index (χ4n) is 4.10. The summed E-state index contributed by atoms with van der Waals surface area (Å²) in [7, 11) is -3.55. The summed E-state index contributed by atoms with van der Waals surface area (Å²) < 4.78 is 32.9. The van der Waals surface area contributed by atoms with Gasteiger partial charge in [0.25, 0.3) is 0 Å². The molecule has 2 aromatic rings. The highest BCUT2D eigenvalue weighted by Gasteiger charge is 2.27. The van der Waals surface area contributed by atoms with Gasteiger partial charge in [0, 0.05) is 30.8 Å². The lowest BCUT2D eigenvalue weighted by atomic mass is 9.93. The van der Waals surface area contributed by atoms with E-state index < -0.39 is 10.0 Å². The molecular formula is C21H27N3O4S. The van der Waals surface area contributed by atoms with Crippen LogP contribution < -0.4 is 10.6 Å². The lowest BCUT2D eigenvalue weighted by molar-refractivity contribution is 0.246. The van der Waals surface area contributed by atoms with E-state index in [1.54, 1.807) is 24.5 Å². The Hall–Kier alpha value is -2.32. The fraction of sp³-hybridized carbons (Fsp3) is 0.476. The van der Waals surface area contributed by atoms with Crippen LogP contribution in [0, 0.1) is 6.92 Å². The van der Waals surface area contributed by atoms with Crippen LogP contribution in [0.15, 0.2) is 39.8 Å². The molecule has 1 aliphatic carbocycles. The Balaban J connectivity index is 1.49. The number of anilines is 1. The topological polar surface area (TPSA) is 91.7 Å². The second kappa shape index (κ2) is 8.20. The van der Waals surface area contributed by atoms with Crippen molar-refractivity contribution in [3.63, 3.8) is 0 Å². The second-order valence-electron chi connectivity index (χ2n) is 7.78. The van der Waals surface area contributed by atoms with Crippen LogP contribution in [0.1, 0.15) is 55.0 Å². The minimum absolute atomic E-state index is 0.0990. The first-order valence-corrected chi connectivity index (χ1v) is 11.6. The van der Waals surface area contributed by atoms with Crippen LogP contribution in [0.4, 0.5) is 10.5 Å². The van der Waals surface area contributed by atoms with Crippen LogP contribution in [0.25, 0.3) is 0 Å². The number of aryl methyl sites for hydroxylation is 2. The summed E-state index contributed by atoms with van der Waals surface area (Å²) in [5.41, 5.74) is 2.33. The predicted molar refractivity (Wildman–Crippen MR) is 110 cm³/mol. The van der Waals surface area contributed by atoms with Crippen molar-refractivity contribution in [3.05, 3.63) is 47.4 Å². The van der Waals surface area contributed by atoms with Crippen molar-refractivity contribution >= 4 is 21.7 Å². The summed E-state index contributed by atoms with van der Waals surface area (Å²) in [6.45, 7) is 2.95. The second-order valence-corrected chi connectivity index (χ2v) is 9.72. The number of nitrogens with zero attached hydrogens (tertiary/aromatic N) is 1. The van der Waals surface area contributed by atoms with Gasteiger partial charge in [-0.15, -0.1) is 0 Å². The van der Waals surface area contributed by atoms with Gasteiger partial charge in [-0.1, -0.05) is 12.5 Å². The lowest BCUT2D eigenvalue weighted by Crippen LogP contribution is -2.36. The van der Waals surface area contributed by atoms with E-state index in [9.17, 15) is 13.2 Å². The highest BCUT2D eigenvalue weighted by atomic mass is 32.2. The average molecular weight is 418 g/mol. The number of amides is 2. The molecule has 1 aromatic carbocycles. The van der Waals surface area contributed by atoms with Gasteiger partial charge in [0.15, 0.2) is 0 Å². The summed E-state index contributed by atoms with van der Waals surface area (Å²) in [5, 5.41) is 5.82. The van der Waals surface area contributed by atoms with E-state index in [1.807, 2.05) is 13.0 Å². The van der Waals surface area contributed by atoms with E-state index in [4.69, 9.17) is 4.42 Å². The van der Waals surface area contributed by atoms with Crippen LogP contribution in [-0.4, -0.2) is 31.8 Å². The van der Waals surface area contributed by atoms with Crippen molar-refractivity contribution in [2.45, 2.75) is 56.4 Å². The quantitative estimate of drug-likeness (QED) is 0.788. The molecule has 1 unspecified atom stereocenters. The van der Waals surface area contributed by atoms with Gasteiger partial charge in [-0.3, -0.25) is 0 Å². The number of urea groups is 1. The zero-order valence-electron chi connectivity index (χ0n) is 16.6. The first-order valence-electron chi connectivity index (χ1n) is 10.2. The Labute approximate surface area is 171 Å². The first kappa shape index (κ1) is 20.0. The Kier molecular flexibility index (Phi) is 5.65. The van der Waals surface area contributed by atoms with Gasteiger partial charge in [0.1, 0.15) is 5.76 Å². The molecule has 1 saturated heterocycles. The maximum Gasteiger partial charge on any atom is 0.319 e. The molecule has 1 atom stereocenters. The molecule has 1 aromatic heterocycles. The Morgan fingerprint density at radius 2 is 1.93 bits per heavy atom. The molecule has 1 fully saturated rings. The Morgan fingerprint density at radius 3 is 2.72 bits per heavy atom. The van der Waals surface area contributed by atoms with Gasteiger partial charge in [0.05, 0.1) is 17.2 Å². The minimum atomic E-state index is -3.55. The van der Waals surface area contributed by atoms with E-state index in [2.05, 4.69) is 10.6 Å². The largest absolute Gasteiger partial charge is 0.469 e. The number of nitrogens with one attached hydrogen (secondary N) is 2. The normalized spacial score (nSPS) is 20.1. The molecule has 2 aliphatic rings. The van der Waals surface area contributed by atoms with E-state index in [0.717, 1.165) is 55.4 Å². The predicted octanol–water partition coefficient (Wildman–Crippen LogP) is 3.96. The summed E-state index contributed by atoms with van der Waals surface area (Å²) in [4.78, 5) is 12.8. The van der Waals surface area contributed by atoms with Gasteiger partial charge in [-0.25, -0.2) is 13.2 Å². The molecule has 156 valence electrons. The molecule has 0 spiro atoms. The molecule has 4 rings (SSSR count). The molecule has 7 nitrogen and oxygen atoms in total. The van der Waals surface area contributed by atoms with Crippen LogP contribution in [-0.2, 0) is 16.4 Å². The number of hydrogen-bond donors (Lipinski definition) is 2. The SMILES string of the molecule is Cc1ccc(S(=O)(=O)N2CCCCC2)cc1NC(=O)NC1CCCc2occc21. The van der Waals surface area contributed by atoms with Gasteiger partial charge in [-0.2, -0.15) is 4.31 Å². The summed E-state index contributed by atoms with van der Waals surface area (Å²) >= 11 is 0. The molecule has 8 heteroatoms. The third-order valence-corrected chi connectivity index (χ3v) is 7.66. The van der Waals surface area contributed by atoms with Gasteiger partial charge < -0.3 is 15.1 Å². The van der Waals surface area contributed by atoms with Crippen LogP contribution in [0.2, 0.25) is 0 Å². The van der Waals surface area contributed by atoms with E-state index in [1.165, 1.54) is 4.31 Å². The zero-order valence-corrected chi connectivity index (χ0v) is 17.4. The molecule has 0 radical (unpaired) electrons. The number of benzene rings is 1. The Bertz CT molecular complexity index is 993. The van der Waals surface area contributed by atoms with Gasteiger partial charge >= 0.3 is 6.03 Å². The summed E-state index contributed by atoms with van der Waals surface area (Å²) in [6, 6.07) is 6.36. The van der Waals surface area contributed by atoms with Crippen molar-refractivity contribution in [2.75, 3.05) is 18.4 Å². The minimum Gasteiger partial charge on any atom is -0.469 e. The van der Waals surface area contributed by atoms with E-state index >= 15 is 0 Å². The van der Waals surface area contributed by atoms with Crippen molar-refractivity contribution in [1.82, 2.24) is 9.62 Å². The van der Waals surface area contributed by atoms with E-state index in [-0.39, 0.29) is 17.0 Å². The summed E-state index contributed by atoms with van der Waals surface area (Å²) in [6.07, 6.45) is 7.17. The third-order valence-electron chi connectivity index (χ3n) is 5.77. The van der Waals surface area contributed by atoms with Crippen molar-refractivity contribution in [2.24, 2.45) is 0 Å². The van der Waals surface area contributed by atoms with Gasteiger partial charge in [0.2, 0.25) is 10.0 Å². The van der Waals surface area contributed by atoms with Gasteiger partial charge in [-0.05, 0) is 56.4 Å². The molecule has 2 heterocycles. The fourth-order valence-corrected chi connectivity index (χ4v) is 5.65. The first-order chi connectivity index (χ1) is 13.9. The van der Waals surface area contributed by atoms with Crippen molar-refractivity contribution < 1.29 is 17.6 Å². The number of piperidine rings is 1. The molecule has 0 bridgehead atoms. The maximum atomic E-state index is 12.9. The average Bonchev–Trinajstić information content (AvgIpc) is 3.20. The van der Waals surface area contributed by atoms with Crippen molar-refractivity contribution in [1.29, 1.82) is 0 Å². The number of furan rings is 1. The molecule has 2 amide bonds. The standard InChI is InChI=1S/C21H27N3O4S/c1-15-8-9-16(29(26,27)24-11-3-2-4-12-24)14-19(15)23-21(25)22-18-6-5-7-20-17(18)10-13-28-20/h8-10,13-14,18H,2-7,11-12H2,1H3,(H2,22,23,25). The van der Waals surface area contributed by atoms with Crippen LogP contribution in [0.5, 0.6) is 0 Å². The number of sulfonamides is 1. The molecule has 29 heavy (non-hydrogen) atoms. The molecule has 0 saturated carbocycles. The highest BCUT2D eigenvalue weighted by Crippen LogP contribution is 2.31.